The first-order valence-corrected chi connectivity index (χ1v) is 37.5. The van der Waals surface area contributed by atoms with Gasteiger partial charge in [-0.15, -0.1) is 0 Å². The summed E-state index contributed by atoms with van der Waals surface area (Å²) < 4.78 is 46.4. The summed E-state index contributed by atoms with van der Waals surface area (Å²) >= 11 is 0. The summed E-state index contributed by atoms with van der Waals surface area (Å²) in [6.45, 7) is 6.99. The number of unbranched alkanes of at least 4 members (excludes halogenated alkanes) is 34. The third-order valence-electron chi connectivity index (χ3n) is 17.6. The second-order valence-electron chi connectivity index (χ2n) is 26.0. The molecule has 14 atom stereocenters. The predicted molar refractivity (Wildman–Crippen MR) is 345 cm³/mol. The number of amides is 2. The third kappa shape index (κ3) is 40.1. The molecule has 2 amide bonds. The molecule has 2 heterocycles. The molecule has 0 aromatic rings. The summed E-state index contributed by atoms with van der Waals surface area (Å²) in [4.78, 5) is 76.4. The predicted octanol–water partition coefficient (Wildman–Crippen LogP) is 11.2. The molecule has 2 aliphatic rings. The number of carbonyl (C=O) groups excluding carboxylic acids is 4. The molecule has 2 aliphatic heterocycles. The fourth-order valence-corrected chi connectivity index (χ4v) is 12.7. The molecule has 0 saturated carbocycles. The molecule has 21 nitrogen and oxygen atoms in total. The smallest absolute Gasteiger partial charge is 0.308 e. The zero-order chi connectivity index (χ0) is 66.2. The Morgan fingerprint density at radius 2 is 0.889 bits per heavy atom. The summed E-state index contributed by atoms with van der Waals surface area (Å²) in [5, 5.41) is 72.5. The Balaban J connectivity index is 2.30. The first-order valence-electron chi connectivity index (χ1n) is 36.0. The van der Waals surface area contributed by atoms with E-state index in [0.29, 0.717) is 44.9 Å². The molecule has 530 valence electrons. The number of aliphatic hydroxyl groups is 6. The van der Waals surface area contributed by atoms with Gasteiger partial charge in [-0.2, -0.15) is 0 Å². The van der Waals surface area contributed by atoms with Crippen LogP contribution in [0.1, 0.15) is 317 Å². The van der Waals surface area contributed by atoms with Crippen LogP contribution in [0.25, 0.3) is 0 Å². The Hall–Kier alpha value is -2.37. The highest BCUT2D eigenvalue weighted by Gasteiger charge is 2.51. The number of rotatable bonds is 58. The van der Waals surface area contributed by atoms with Crippen molar-refractivity contribution in [3.05, 3.63) is 0 Å². The van der Waals surface area contributed by atoms with Gasteiger partial charge in [-0.05, 0) is 32.1 Å². The summed E-state index contributed by atoms with van der Waals surface area (Å²) in [5.41, 5.74) is 0. The van der Waals surface area contributed by atoms with Crippen molar-refractivity contribution in [2.45, 2.75) is 396 Å². The Labute approximate surface area is 542 Å². The van der Waals surface area contributed by atoms with Gasteiger partial charge in [0, 0.05) is 6.42 Å². The van der Waals surface area contributed by atoms with E-state index in [4.69, 9.17) is 28.2 Å². The first-order chi connectivity index (χ1) is 43.4. The molecule has 9 N–H and O–H groups in total. The van der Waals surface area contributed by atoms with E-state index < -0.39 is 131 Å². The molecule has 1 unspecified atom stereocenters. The average molecular weight is 1310 g/mol. The quantitative estimate of drug-likeness (QED) is 0.0155. The summed E-state index contributed by atoms with van der Waals surface area (Å²) in [6, 6.07) is -3.31. The van der Waals surface area contributed by atoms with Gasteiger partial charge < -0.3 is 79.3 Å². The Bertz CT molecular complexity index is 1850. The van der Waals surface area contributed by atoms with Crippen LogP contribution in [0.15, 0.2) is 0 Å². The van der Waals surface area contributed by atoms with Crippen LogP contribution < -0.4 is 15.5 Å². The Kier molecular flexibility index (Phi) is 49.2. The van der Waals surface area contributed by atoms with Gasteiger partial charge in [0.1, 0.15) is 48.7 Å². The number of esters is 2. The van der Waals surface area contributed by atoms with Crippen LogP contribution in [0.4, 0.5) is 0 Å². The van der Waals surface area contributed by atoms with Gasteiger partial charge in [0.25, 0.3) is 7.82 Å². The highest BCUT2D eigenvalue weighted by molar-refractivity contribution is 7.44. The van der Waals surface area contributed by atoms with Crippen LogP contribution in [-0.2, 0) is 52.0 Å². The lowest BCUT2D eigenvalue weighted by atomic mass is 9.95. The van der Waals surface area contributed by atoms with Crippen molar-refractivity contribution in [2.24, 2.45) is 0 Å². The average Bonchev–Trinajstić information content (AvgIpc) is 0.911. The maximum atomic E-state index is 14.1. The van der Waals surface area contributed by atoms with Crippen molar-refractivity contribution in [1.29, 1.82) is 0 Å². The van der Waals surface area contributed by atoms with Gasteiger partial charge in [0.05, 0.1) is 44.7 Å². The van der Waals surface area contributed by atoms with E-state index in [0.717, 1.165) is 116 Å². The van der Waals surface area contributed by atoms with Crippen LogP contribution in [0.5, 0.6) is 0 Å². The SMILES string of the molecule is CCCCCCCCCCCCCC(=O)O[C@H](CCCCCCCCCCC)CC(=O)N[C@H]1[C@H](OC[C@H]2O[C@H](O)[C@H](NC(=O)C[C@H](O)CCCCCCCCCCC)[C@@H](OC(=O)C[C@H](O)CCCCCCCCCCC)[C@@H]2O)O[C@H](CO)[C@@H](OP(=O)([O-])O)[C@@H]1O. The van der Waals surface area contributed by atoms with Gasteiger partial charge in [0.2, 0.25) is 11.8 Å². The van der Waals surface area contributed by atoms with E-state index in [9.17, 15) is 64.2 Å². The van der Waals surface area contributed by atoms with E-state index in [1.54, 1.807) is 0 Å². The summed E-state index contributed by atoms with van der Waals surface area (Å²) in [7, 11) is -5.62. The van der Waals surface area contributed by atoms with Gasteiger partial charge in [0.15, 0.2) is 18.7 Å². The molecule has 0 bridgehead atoms. The molecule has 0 aromatic heterocycles. The highest BCUT2D eigenvalue weighted by Crippen LogP contribution is 2.38. The van der Waals surface area contributed by atoms with Crippen LogP contribution in [0.2, 0.25) is 0 Å². The maximum absolute atomic E-state index is 14.1. The van der Waals surface area contributed by atoms with Crippen LogP contribution in [-0.4, -0.2) is 152 Å². The topological polar surface area (TPSA) is 329 Å². The van der Waals surface area contributed by atoms with Crippen molar-refractivity contribution in [3.63, 3.8) is 0 Å². The second-order valence-corrected chi connectivity index (χ2v) is 27.1. The normalized spacial score (nSPS) is 23.6. The largest absolute Gasteiger partial charge is 0.756 e. The zero-order valence-electron chi connectivity index (χ0n) is 56.2. The van der Waals surface area contributed by atoms with Crippen LogP contribution in [0, 0.1) is 0 Å². The van der Waals surface area contributed by atoms with Crippen LogP contribution in [0.3, 0.4) is 0 Å². The lowest BCUT2D eigenvalue weighted by Gasteiger charge is -2.46. The first kappa shape index (κ1) is 83.7. The lowest BCUT2D eigenvalue weighted by Crippen LogP contribution is -2.67. The second kappa shape index (κ2) is 52.9. The molecular formula is C68H128N2O19P-. The standard InChI is InChI=1S/C68H129N2O19P/c1-5-9-13-17-21-25-26-30-34-38-42-46-59(76)85-54(45-41-37-33-29-24-20-16-12-8-4)49-58(75)69-61-64(79)65(89-90(81,82)83)55(50-71)87-68(61)84-51-56-63(78)66(88-60(77)48-53(73)44-40-36-32-28-23-19-15-11-7-3)62(67(80)86-56)70-57(74)47-52(72)43-39-35-31-27-22-18-14-10-6-2/h52-56,61-68,71-73,78-80H,5-51H2,1-4H3,(H,69,75)(H,70,74)(H2,81,82,83)/p-1/t52-,53-,54-,55-,56-,61-,62-,63-,64-,65-,66-,67+,68-/m1/s1. The fraction of sp³-hybridized carbons (Fsp3) is 0.941. The Morgan fingerprint density at radius 1 is 0.489 bits per heavy atom. The molecule has 0 aromatic carbocycles. The lowest BCUT2D eigenvalue weighted by molar-refractivity contribution is -0.303. The van der Waals surface area contributed by atoms with Gasteiger partial charge >= 0.3 is 11.9 Å². The number of phosphoric acid groups is 1. The van der Waals surface area contributed by atoms with Crippen molar-refractivity contribution < 1.29 is 92.4 Å². The fourth-order valence-electron chi connectivity index (χ4n) is 12.2. The Morgan fingerprint density at radius 3 is 1.33 bits per heavy atom. The molecule has 2 fully saturated rings. The minimum atomic E-state index is -5.62. The van der Waals surface area contributed by atoms with Crippen molar-refractivity contribution in [3.8, 4) is 0 Å². The van der Waals surface area contributed by atoms with Crippen molar-refractivity contribution >= 4 is 31.6 Å². The maximum Gasteiger partial charge on any atom is 0.308 e. The number of hydrogen-bond acceptors (Lipinski definition) is 18. The molecule has 0 spiro atoms. The van der Waals surface area contributed by atoms with Crippen LogP contribution >= 0.6 is 7.82 Å². The number of aliphatic hydroxyl groups excluding tert-OH is 6. The monoisotopic (exact) mass is 1310 g/mol. The van der Waals surface area contributed by atoms with E-state index in [1.165, 1.54) is 103 Å². The molecule has 0 radical (unpaired) electrons. The third-order valence-corrected chi connectivity index (χ3v) is 18.1. The molecular weight excluding hydrogens is 1180 g/mol. The molecule has 2 rings (SSSR count). The van der Waals surface area contributed by atoms with Crippen molar-refractivity contribution in [1.82, 2.24) is 10.6 Å². The van der Waals surface area contributed by atoms with Gasteiger partial charge in [-0.1, -0.05) is 259 Å². The van der Waals surface area contributed by atoms with E-state index >= 15 is 0 Å². The van der Waals surface area contributed by atoms with E-state index in [2.05, 4.69) is 38.3 Å². The molecule has 0 aliphatic carbocycles. The number of nitrogens with one attached hydrogen (secondary N) is 2. The minimum absolute atomic E-state index is 0.164. The number of phosphoric ester groups is 1. The number of ether oxygens (including phenoxy) is 5. The van der Waals surface area contributed by atoms with E-state index in [-0.39, 0.29) is 19.3 Å². The molecule has 22 heteroatoms. The van der Waals surface area contributed by atoms with Gasteiger partial charge in [-0.25, -0.2) is 0 Å². The highest BCUT2D eigenvalue weighted by atomic mass is 31.2. The number of carbonyl (C=O) groups is 4. The number of hydrogen-bond donors (Lipinski definition) is 9. The molecule has 90 heavy (non-hydrogen) atoms. The minimum Gasteiger partial charge on any atom is -0.756 e. The van der Waals surface area contributed by atoms with E-state index in [1.807, 2.05) is 0 Å². The van der Waals surface area contributed by atoms with Gasteiger partial charge in [-0.3, -0.25) is 23.7 Å². The summed E-state index contributed by atoms with van der Waals surface area (Å²) in [5.74, 6) is -2.91. The van der Waals surface area contributed by atoms with Crippen molar-refractivity contribution in [2.75, 3.05) is 13.2 Å². The molecule has 2 saturated heterocycles. The summed E-state index contributed by atoms with van der Waals surface area (Å²) in [6.07, 6.45) is 22.8. The zero-order valence-corrected chi connectivity index (χ0v) is 57.1.